The van der Waals surface area contributed by atoms with Gasteiger partial charge in [-0.1, -0.05) is 29.9 Å². The fourth-order valence-corrected chi connectivity index (χ4v) is 2.94. The van der Waals surface area contributed by atoms with E-state index in [2.05, 4.69) is 11.9 Å². The van der Waals surface area contributed by atoms with Crippen LogP contribution in [0, 0.1) is 0 Å². The van der Waals surface area contributed by atoms with E-state index in [1.807, 2.05) is 24.3 Å². The van der Waals surface area contributed by atoms with Gasteiger partial charge in [-0.2, -0.15) is 0 Å². The first-order valence-corrected chi connectivity index (χ1v) is 6.87. The molecule has 0 atom stereocenters. The van der Waals surface area contributed by atoms with Gasteiger partial charge in [0.25, 0.3) is 5.22 Å². The van der Waals surface area contributed by atoms with Gasteiger partial charge in [0, 0.05) is 16.5 Å². The van der Waals surface area contributed by atoms with E-state index >= 15 is 0 Å². The molecule has 2 rings (SSSR count). The Bertz CT molecular complexity index is 380. The standard InChI is InChI=1S/C10H11NOS2/c1-2-7-13-14-10-11-8-5-3-4-6-9(8)12-10/h3-6H,2,7H2,1H3. The van der Waals surface area contributed by atoms with Crippen molar-refractivity contribution in [2.45, 2.75) is 18.6 Å². The second kappa shape index (κ2) is 4.75. The minimum Gasteiger partial charge on any atom is -0.431 e. The van der Waals surface area contributed by atoms with Crippen molar-refractivity contribution in [3.8, 4) is 0 Å². The van der Waals surface area contributed by atoms with Crippen LogP contribution in [0.3, 0.4) is 0 Å². The number of para-hydroxylation sites is 2. The van der Waals surface area contributed by atoms with Gasteiger partial charge in [0.1, 0.15) is 5.52 Å². The molecule has 2 nitrogen and oxygen atoms in total. The van der Waals surface area contributed by atoms with Gasteiger partial charge in [0.15, 0.2) is 5.58 Å². The quantitative estimate of drug-likeness (QED) is 0.580. The Morgan fingerprint density at radius 2 is 2.21 bits per heavy atom. The summed E-state index contributed by atoms with van der Waals surface area (Å²) in [6.45, 7) is 2.17. The van der Waals surface area contributed by atoms with E-state index in [1.165, 1.54) is 6.42 Å². The highest BCUT2D eigenvalue weighted by Gasteiger charge is 2.04. The number of benzene rings is 1. The van der Waals surface area contributed by atoms with Gasteiger partial charge >= 0.3 is 0 Å². The Morgan fingerprint density at radius 3 is 3.00 bits per heavy atom. The first kappa shape index (κ1) is 9.93. The van der Waals surface area contributed by atoms with Crippen molar-refractivity contribution >= 4 is 32.7 Å². The van der Waals surface area contributed by atoms with Gasteiger partial charge in [-0.25, -0.2) is 4.98 Å². The van der Waals surface area contributed by atoms with Crippen molar-refractivity contribution in [1.29, 1.82) is 0 Å². The first-order chi connectivity index (χ1) is 6.90. The van der Waals surface area contributed by atoms with Crippen LogP contribution in [0.2, 0.25) is 0 Å². The van der Waals surface area contributed by atoms with E-state index < -0.39 is 0 Å². The Kier molecular flexibility index (Phi) is 3.37. The van der Waals surface area contributed by atoms with Crippen LogP contribution in [0.25, 0.3) is 11.1 Å². The second-order valence-corrected chi connectivity index (χ2v) is 5.22. The lowest BCUT2D eigenvalue weighted by Crippen LogP contribution is -1.69. The molecule has 0 saturated carbocycles. The molecule has 0 unspecified atom stereocenters. The Labute approximate surface area is 90.9 Å². The molecule has 74 valence electrons. The van der Waals surface area contributed by atoms with E-state index in [-0.39, 0.29) is 0 Å². The fourth-order valence-electron chi connectivity index (χ4n) is 1.06. The third-order valence-electron chi connectivity index (χ3n) is 1.69. The SMILES string of the molecule is CCCSSc1nc2ccccc2o1. The van der Waals surface area contributed by atoms with Crippen molar-refractivity contribution in [2.24, 2.45) is 0 Å². The molecule has 1 heterocycles. The number of hydrogen-bond acceptors (Lipinski definition) is 4. The number of hydrogen-bond donors (Lipinski definition) is 0. The summed E-state index contributed by atoms with van der Waals surface area (Å²) in [5, 5.41) is 0.754. The summed E-state index contributed by atoms with van der Waals surface area (Å²) in [5.41, 5.74) is 1.80. The summed E-state index contributed by atoms with van der Waals surface area (Å²) in [5.74, 6) is 1.13. The van der Waals surface area contributed by atoms with Gasteiger partial charge in [-0.15, -0.1) is 0 Å². The van der Waals surface area contributed by atoms with E-state index in [4.69, 9.17) is 4.42 Å². The molecule has 0 radical (unpaired) electrons. The van der Waals surface area contributed by atoms with Crippen LogP contribution < -0.4 is 0 Å². The van der Waals surface area contributed by atoms with Crippen molar-refractivity contribution < 1.29 is 4.42 Å². The van der Waals surface area contributed by atoms with Crippen molar-refractivity contribution in [3.63, 3.8) is 0 Å². The molecule has 1 aromatic carbocycles. The lowest BCUT2D eigenvalue weighted by molar-refractivity contribution is 0.491. The Balaban J connectivity index is 2.11. The number of nitrogens with zero attached hydrogens (tertiary/aromatic N) is 1. The maximum absolute atomic E-state index is 5.55. The average Bonchev–Trinajstić information content (AvgIpc) is 2.60. The predicted octanol–water partition coefficient (Wildman–Crippen LogP) is 3.98. The minimum absolute atomic E-state index is 0.754. The summed E-state index contributed by atoms with van der Waals surface area (Å²) < 4.78 is 5.55. The summed E-state index contributed by atoms with van der Waals surface area (Å²) in [6.07, 6.45) is 1.18. The van der Waals surface area contributed by atoms with E-state index in [0.717, 1.165) is 22.1 Å². The average molecular weight is 225 g/mol. The number of aromatic nitrogens is 1. The molecule has 0 bridgehead atoms. The van der Waals surface area contributed by atoms with Gasteiger partial charge in [0.05, 0.1) is 0 Å². The van der Waals surface area contributed by atoms with Crippen molar-refractivity contribution in [3.05, 3.63) is 24.3 Å². The highest BCUT2D eigenvalue weighted by Crippen LogP contribution is 2.32. The van der Waals surface area contributed by atoms with Crippen LogP contribution >= 0.6 is 21.6 Å². The second-order valence-electron chi connectivity index (χ2n) is 2.85. The molecule has 0 saturated heterocycles. The molecule has 0 N–H and O–H groups in total. The molecule has 0 aliphatic heterocycles. The maximum Gasteiger partial charge on any atom is 0.267 e. The zero-order chi connectivity index (χ0) is 9.80. The maximum atomic E-state index is 5.55. The largest absolute Gasteiger partial charge is 0.431 e. The zero-order valence-corrected chi connectivity index (χ0v) is 9.53. The first-order valence-electron chi connectivity index (χ1n) is 4.55. The molecule has 4 heteroatoms. The monoisotopic (exact) mass is 225 g/mol. The fraction of sp³-hybridized carbons (Fsp3) is 0.300. The number of rotatable bonds is 4. The molecular formula is C10H11NOS2. The zero-order valence-electron chi connectivity index (χ0n) is 7.90. The molecule has 1 aromatic heterocycles. The normalized spacial score (nSPS) is 10.9. The third kappa shape index (κ3) is 2.25. The molecule has 0 spiro atoms. The molecule has 2 aromatic rings. The van der Waals surface area contributed by atoms with Gasteiger partial charge < -0.3 is 4.42 Å². The predicted molar refractivity (Wildman–Crippen MR) is 62.6 cm³/mol. The number of fused-ring (bicyclic) bond motifs is 1. The smallest absolute Gasteiger partial charge is 0.267 e. The van der Waals surface area contributed by atoms with Crippen LogP contribution in [0.15, 0.2) is 33.9 Å². The van der Waals surface area contributed by atoms with Crippen LogP contribution in [0.4, 0.5) is 0 Å². The lowest BCUT2D eigenvalue weighted by atomic mass is 10.3. The van der Waals surface area contributed by atoms with Crippen molar-refractivity contribution in [2.75, 3.05) is 5.75 Å². The highest BCUT2D eigenvalue weighted by molar-refractivity contribution is 8.76. The summed E-state index contributed by atoms with van der Waals surface area (Å²) in [7, 11) is 3.39. The van der Waals surface area contributed by atoms with Crippen LogP contribution in [-0.4, -0.2) is 10.7 Å². The molecule has 14 heavy (non-hydrogen) atoms. The molecule has 0 fully saturated rings. The molecule has 0 amide bonds. The topological polar surface area (TPSA) is 26.0 Å². The van der Waals surface area contributed by atoms with Gasteiger partial charge in [-0.05, 0) is 18.6 Å². The summed E-state index contributed by atoms with van der Waals surface area (Å²) in [4.78, 5) is 4.36. The summed E-state index contributed by atoms with van der Waals surface area (Å²) >= 11 is 0. The molecular weight excluding hydrogens is 214 g/mol. The molecule has 0 aliphatic rings. The van der Waals surface area contributed by atoms with Gasteiger partial charge in [-0.3, -0.25) is 0 Å². The third-order valence-corrected chi connectivity index (χ3v) is 3.98. The Hall–Kier alpha value is -0.610. The van der Waals surface area contributed by atoms with E-state index in [9.17, 15) is 0 Å². The lowest BCUT2D eigenvalue weighted by Gasteiger charge is -1.91. The Morgan fingerprint density at radius 1 is 1.36 bits per heavy atom. The van der Waals surface area contributed by atoms with Crippen LogP contribution in [0.1, 0.15) is 13.3 Å². The van der Waals surface area contributed by atoms with Crippen LogP contribution in [-0.2, 0) is 0 Å². The van der Waals surface area contributed by atoms with E-state index in [1.54, 1.807) is 21.6 Å². The summed E-state index contributed by atoms with van der Waals surface area (Å²) in [6, 6.07) is 7.84. The highest BCUT2D eigenvalue weighted by atomic mass is 33.1. The van der Waals surface area contributed by atoms with Crippen molar-refractivity contribution in [1.82, 2.24) is 4.98 Å². The molecule has 0 aliphatic carbocycles. The minimum atomic E-state index is 0.754. The number of oxazole rings is 1. The van der Waals surface area contributed by atoms with E-state index in [0.29, 0.717) is 0 Å². The van der Waals surface area contributed by atoms with Crippen LogP contribution in [0.5, 0.6) is 0 Å². The van der Waals surface area contributed by atoms with Gasteiger partial charge in [0.2, 0.25) is 0 Å².